The van der Waals surface area contributed by atoms with Crippen molar-refractivity contribution in [2.45, 2.75) is 45.1 Å². The third-order valence-electron chi connectivity index (χ3n) is 2.81. The van der Waals surface area contributed by atoms with Gasteiger partial charge < -0.3 is 5.73 Å². The van der Waals surface area contributed by atoms with Crippen LogP contribution in [0.4, 0.5) is 5.69 Å². The Labute approximate surface area is 110 Å². The van der Waals surface area contributed by atoms with Crippen LogP contribution in [0.3, 0.4) is 0 Å². The van der Waals surface area contributed by atoms with Crippen LogP contribution < -0.4 is 5.73 Å². The highest BCUT2D eigenvalue weighted by Gasteiger charge is 2.27. The zero-order chi connectivity index (χ0) is 13.9. The molecule has 5 heteroatoms. The summed E-state index contributed by atoms with van der Waals surface area (Å²) in [5, 5.41) is 0. The maximum atomic E-state index is 12.6. The van der Waals surface area contributed by atoms with E-state index in [1.807, 2.05) is 20.8 Å². The van der Waals surface area contributed by atoms with E-state index < -0.39 is 10.0 Å². The van der Waals surface area contributed by atoms with E-state index in [9.17, 15) is 8.42 Å². The highest BCUT2D eigenvalue weighted by molar-refractivity contribution is 7.89. The van der Waals surface area contributed by atoms with Crippen molar-refractivity contribution in [1.29, 1.82) is 0 Å². The van der Waals surface area contributed by atoms with Crippen LogP contribution in [0.25, 0.3) is 0 Å². The van der Waals surface area contributed by atoms with Gasteiger partial charge in [0.05, 0.1) is 4.90 Å². The van der Waals surface area contributed by atoms with Gasteiger partial charge in [0, 0.05) is 18.3 Å². The standard InChI is InChI=1S/C13H22N2O2S/c1-5-8-15(10(2)3)18(16,17)13-7-6-12(14)9-11(13)4/h6-7,9-10H,5,8,14H2,1-4H3. The van der Waals surface area contributed by atoms with Crippen molar-refractivity contribution >= 4 is 15.7 Å². The molecule has 0 spiro atoms. The van der Waals surface area contributed by atoms with Gasteiger partial charge in [-0.15, -0.1) is 0 Å². The summed E-state index contributed by atoms with van der Waals surface area (Å²) in [5.41, 5.74) is 6.93. The van der Waals surface area contributed by atoms with Crippen molar-refractivity contribution in [1.82, 2.24) is 4.31 Å². The van der Waals surface area contributed by atoms with Crippen LogP contribution in [-0.4, -0.2) is 25.3 Å². The second kappa shape index (κ2) is 5.71. The minimum Gasteiger partial charge on any atom is -0.399 e. The molecule has 1 aromatic carbocycles. The summed E-state index contributed by atoms with van der Waals surface area (Å²) in [6.07, 6.45) is 0.797. The topological polar surface area (TPSA) is 63.4 Å². The molecule has 1 rings (SSSR count). The van der Waals surface area contributed by atoms with E-state index in [0.717, 1.165) is 6.42 Å². The Morgan fingerprint density at radius 2 is 1.94 bits per heavy atom. The molecule has 0 aliphatic rings. The van der Waals surface area contributed by atoms with E-state index in [1.165, 1.54) is 4.31 Å². The molecule has 1 aromatic rings. The summed E-state index contributed by atoms with van der Waals surface area (Å²) in [5.74, 6) is 0. The minimum absolute atomic E-state index is 0.0492. The van der Waals surface area contributed by atoms with Crippen LogP contribution in [0, 0.1) is 6.92 Å². The number of sulfonamides is 1. The number of hydrogen-bond acceptors (Lipinski definition) is 3. The number of benzene rings is 1. The molecule has 0 bridgehead atoms. The van der Waals surface area contributed by atoms with Crippen LogP contribution in [0.15, 0.2) is 23.1 Å². The third-order valence-corrected chi connectivity index (χ3v) is 5.04. The average Bonchev–Trinajstić information content (AvgIpc) is 2.24. The number of nitrogens with two attached hydrogens (primary N) is 1. The largest absolute Gasteiger partial charge is 0.399 e. The van der Waals surface area contributed by atoms with Crippen molar-refractivity contribution in [3.8, 4) is 0 Å². The molecule has 0 heterocycles. The Kier molecular flexibility index (Phi) is 4.76. The second-order valence-electron chi connectivity index (χ2n) is 4.73. The molecular formula is C13H22N2O2S. The summed E-state index contributed by atoms with van der Waals surface area (Å²) in [7, 11) is -3.43. The van der Waals surface area contributed by atoms with E-state index in [0.29, 0.717) is 22.7 Å². The quantitative estimate of drug-likeness (QED) is 0.836. The Balaban J connectivity index is 3.26. The number of aryl methyl sites for hydroxylation is 1. The van der Waals surface area contributed by atoms with Crippen LogP contribution in [-0.2, 0) is 10.0 Å². The first-order valence-corrected chi connectivity index (χ1v) is 7.62. The number of nitrogens with zero attached hydrogens (tertiary/aromatic N) is 1. The normalized spacial score (nSPS) is 12.3. The number of hydrogen-bond donors (Lipinski definition) is 1. The summed E-state index contributed by atoms with van der Waals surface area (Å²) in [6, 6.07) is 4.86. The molecule has 4 nitrogen and oxygen atoms in total. The van der Waals surface area contributed by atoms with E-state index in [1.54, 1.807) is 25.1 Å². The van der Waals surface area contributed by atoms with E-state index in [4.69, 9.17) is 5.73 Å². The lowest BCUT2D eigenvalue weighted by molar-refractivity contribution is 0.354. The van der Waals surface area contributed by atoms with Crippen molar-refractivity contribution in [3.05, 3.63) is 23.8 Å². The van der Waals surface area contributed by atoms with Crippen LogP contribution >= 0.6 is 0 Å². The monoisotopic (exact) mass is 270 g/mol. The van der Waals surface area contributed by atoms with E-state index >= 15 is 0 Å². The fraction of sp³-hybridized carbons (Fsp3) is 0.538. The molecule has 2 N–H and O–H groups in total. The van der Waals surface area contributed by atoms with Gasteiger partial charge >= 0.3 is 0 Å². The summed E-state index contributed by atoms with van der Waals surface area (Å²) < 4.78 is 26.7. The van der Waals surface area contributed by atoms with E-state index in [2.05, 4.69) is 0 Å². The lowest BCUT2D eigenvalue weighted by Gasteiger charge is -2.26. The SMILES string of the molecule is CCCN(C(C)C)S(=O)(=O)c1ccc(N)cc1C. The zero-order valence-corrected chi connectivity index (χ0v) is 12.3. The van der Waals surface area contributed by atoms with Crippen molar-refractivity contribution < 1.29 is 8.42 Å². The van der Waals surface area contributed by atoms with Gasteiger partial charge in [-0.2, -0.15) is 4.31 Å². The van der Waals surface area contributed by atoms with Gasteiger partial charge in [-0.05, 0) is 51.0 Å². The minimum atomic E-state index is -3.43. The molecule has 102 valence electrons. The fourth-order valence-corrected chi connectivity index (χ4v) is 3.90. The maximum absolute atomic E-state index is 12.6. The molecular weight excluding hydrogens is 248 g/mol. The Hall–Kier alpha value is -1.07. The number of nitrogen functional groups attached to an aromatic ring is 1. The molecule has 0 radical (unpaired) electrons. The maximum Gasteiger partial charge on any atom is 0.243 e. The Bertz CT molecular complexity index is 510. The molecule has 0 unspecified atom stereocenters. The van der Waals surface area contributed by atoms with Gasteiger partial charge in [0.2, 0.25) is 10.0 Å². The first-order valence-electron chi connectivity index (χ1n) is 6.18. The van der Waals surface area contributed by atoms with Crippen LogP contribution in [0.5, 0.6) is 0 Å². The summed E-state index contributed by atoms with van der Waals surface area (Å²) in [6.45, 7) is 8.05. The summed E-state index contributed by atoms with van der Waals surface area (Å²) >= 11 is 0. The molecule has 0 aliphatic heterocycles. The molecule has 18 heavy (non-hydrogen) atoms. The average molecular weight is 270 g/mol. The van der Waals surface area contributed by atoms with Crippen molar-refractivity contribution in [3.63, 3.8) is 0 Å². The molecule has 0 aliphatic carbocycles. The third kappa shape index (κ3) is 3.03. The molecule has 0 saturated heterocycles. The summed E-state index contributed by atoms with van der Waals surface area (Å²) in [4.78, 5) is 0.346. The number of anilines is 1. The zero-order valence-electron chi connectivity index (χ0n) is 11.5. The van der Waals surface area contributed by atoms with Crippen molar-refractivity contribution in [2.24, 2.45) is 0 Å². The van der Waals surface area contributed by atoms with Gasteiger partial charge in [0.1, 0.15) is 0 Å². The second-order valence-corrected chi connectivity index (χ2v) is 6.59. The molecule has 0 fully saturated rings. The van der Waals surface area contributed by atoms with Gasteiger partial charge in [0.25, 0.3) is 0 Å². The van der Waals surface area contributed by atoms with Crippen LogP contribution in [0.2, 0.25) is 0 Å². The van der Waals surface area contributed by atoms with E-state index in [-0.39, 0.29) is 6.04 Å². The van der Waals surface area contributed by atoms with Gasteiger partial charge in [0.15, 0.2) is 0 Å². The highest BCUT2D eigenvalue weighted by Crippen LogP contribution is 2.23. The predicted octanol–water partition coefficient (Wildman–Crippen LogP) is 2.39. The molecule has 0 aromatic heterocycles. The predicted molar refractivity (Wildman–Crippen MR) is 74.9 cm³/mol. The smallest absolute Gasteiger partial charge is 0.243 e. The first-order chi connectivity index (χ1) is 8.30. The Morgan fingerprint density at radius 3 is 2.39 bits per heavy atom. The van der Waals surface area contributed by atoms with Crippen LogP contribution in [0.1, 0.15) is 32.8 Å². The fourth-order valence-electron chi connectivity index (χ4n) is 1.96. The number of rotatable bonds is 5. The highest BCUT2D eigenvalue weighted by atomic mass is 32.2. The molecule has 0 saturated carbocycles. The van der Waals surface area contributed by atoms with Gasteiger partial charge in [-0.3, -0.25) is 0 Å². The molecule has 0 atom stereocenters. The van der Waals surface area contributed by atoms with Gasteiger partial charge in [-0.1, -0.05) is 6.92 Å². The lowest BCUT2D eigenvalue weighted by Crippen LogP contribution is -2.37. The lowest BCUT2D eigenvalue weighted by atomic mass is 10.2. The molecule has 0 amide bonds. The van der Waals surface area contributed by atoms with Crippen molar-refractivity contribution in [2.75, 3.05) is 12.3 Å². The Morgan fingerprint density at radius 1 is 1.33 bits per heavy atom. The van der Waals surface area contributed by atoms with Gasteiger partial charge in [-0.25, -0.2) is 8.42 Å². The first kappa shape index (κ1) is 15.0.